The molecule has 2 aliphatic rings. The molecular weight excluding hydrogens is 184 g/mol. The molecule has 1 N–H and O–H groups in total. The molecule has 0 saturated heterocycles. The third-order valence-electron chi connectivity index (χ3n) is 4.47. The highest BCUT2D eigenvalue weighted by atomic mass is 16.3. The van der Waals surface area contributed by atoms with Crippen molar-refractivity contribution in [3.63, 3.8) is 0 Å². The van der Waals surface area contributed by atoms with Crippen molar-refractivity contribution >= 4 is 0 Å². The molecule has 0 aromatic carbocycles. The number of rotatable bonds is 3. The van der Waals surface area contributed by atoms with Crippen molar-refractivity contribution in [2.24, 2.45) is 11.8 Å². The molecule has 0 heterocycles. The Hall–Kier alpha value is -0.300. The normalized spacial score (nSPS) is 40.1. The van der Waals surface area contributed by atoms with Crippen molar-refractivity contribution < 1.29 is 5.11 Å². The molecule has 3 unspecified atom stereocenters. The van der Waals surface area contributed by atoms with Gasteiger partial charge in [0.1, 0.15) is 0 Å². The molecule has 1 fully saturated rings. The second-order valence-electron chi connectivity index (χ2n) is 5.50. The van der Waals surface area contributed by atoms with Gasteiger partial charge in [0.15, 0.2) is 0 Å². The van der Waals surface area contributed by atoms with Crippen molar-refractivity contribution in [1.29, 1.82) is 0 Å². The van der Waals surface area contributed by atoms with Crippen LogP contribution in [0, 0.1) is 11.8 Å². The van der Waals surface area contributed by atoms with E-state index in [1.165, 1.54) is 38.5 Å². The fourth-order valence-electron chi connectivity index (χ4n) is 3.44. The van der Waals surface area contributed by atoms with Gasteiger partial charge in [-0.05, 0) is 38.0 Å². The number of hydrogen-bond donors (Lipinski definition) is 1. The molecule has 0 aromatic rings. The number of hydrogen-bond acceptors (Lipinski definition) is 1. The van der Waals surface area contributed by atoms with Crippen LogP contribution in [0.15, 0.2) is 11.6 Å². The molecule has 15 heavy (non-hydrogen) atoms. The first-order valence-electron chi connectivity index (χ1n) is 6.58. The van der Waals surface area contributed by atoms with Crippen LogP contribution >= 0.6 is 0 Å². The number of allylic oxidation sites excluding steroid dienone is 1. The lowest BCUT2D eigenvalue weighted by Crippen LogP contribution is -2.47. The van der Waals surface area contributed by atoms with E-state index < -0.39 is 0 Å². The van der Waals surface area contributed by atoms with Crippen LogP contribution in [-0.4, -0.2) is 10.7 Å². The van der Waals surface area contributed by atoms with Crippen LogP contribution in [-0.2, 0) is 0 Å². The molecule has 3 atom stereocenters. The quantitative estimate of drug-likeness (QED) is 0.702. The Morgan fingerprint density at radius 1 is 1.53 bits per heavy atom. The lowest BCUT2D eigenvalue weighted by molar-refractivity contribution is -0.0722. The predicted octanol–water partition coefficient (Wildman–Crippen LogP) is 3.67. The van der Waals surface area contributed by atoms with Crippen LogP contribution in [0.4, 0.5) is 0 Å². The maximum Gasteiger partial charge on any atom is 0.0738 e. The summed E-state index contributed by atoms with van der Waals surface area (Å²) in [5, 5.41) is 10.8. The van der Waals surface area contributed by atoms with Gasteiger partial charge in [0.25, 0.3) is 0 Å². The summed E-state index contributed by atoms with van der Waals surface area (Å²) in [6.45, 7) is 4.41. The standard InChI is InChI=1S/C14H24O/c1-3-4-8-14(15)11(2)9-12-6-5-7-13(14)10-12/h9,11,13,15H,3-8,10H2,1-2H3. The summed E-state index contributed by atoms with van der Waals surface area (Å²) in [6, 6.07) is 0. The smallest absolute Gasteiger partial charge is 0.0738 e. The SMILES string of the molecule is CCCCC1(O)C(C)C=C2CCCC1C2. The zero-order chi connectivity index (χ0) is 10.9. The topological polar surface area (TPSA) is 20.2 Å². The van der Waals surface area contributed by atoms with Crippen molar-refractivity contribution in [3.05, 3.63) is 11.6 Å². The first-order valence-corrected chi connectivity index (χ1v) is 6.58. The third kappa shape index (κ3) is 1.99. The Bertz CT molecular complexity index is 256. The van der Waals surface area contributed by atoms with Crippen molar-refractivity contribution in [2.45, 2.75) is 64.4 Å². The summed E-state index contributed by atoms with van der Waals surface area (Å²) in [5.74, 6) is 0.922. The Labute approximate surface area is 93.6 Å². The minimum absolute atomic E-state index is 0.373. The molecular formula is C14H24O. The van der Waals surface area contributed by atoms with E-state index in [-0.39, 0.29) is 5.60 Å². The molecule has 0 radical (unpaired) electrons. The Balaban J connectivity index is 2.15. The Kier molecular flexibility index (Phi) is 3.20. The highest BCUT2D eigenvalue weighted by molar-refractivity contribution is 5.18. The van der Waals surface area contributed by atoms with E-state index in [0.717, 1.165) is 6.42 Å². The molecule has 2 bridgehead atoms. The van der Waals surface area contributed by atoms with Crippen molar-refractivity contribution in [3.8, 4) is 0 Å². The minimum atomic E-state index is -0.389. The summed E-state index contributed by atoms with van der Waals surface area (Å²) in [7, 11) is 0. The van der Waals surface area contributed by atoms with Gasteiger partial charge in [0.05, 0.1) is 5.60 Å². The van der Waals surface area contributed by atoms with Gasteiger partial charge in [-0.1, -0.05) is 38.3 Å². The molecule has 1 heteroatoms. The maximum absolute atomic E-state index is 10.8. The molecule has 0 amide bonds. The summed E-state index contributed by atoms with van der Waals surface area (Å²) in [5.41, 5.74) is 1.22. The highest BCUT2D eigenvalue weighted by Gasteiger charge is 2.44. The second-order valence-corrected chi connectivity index (χ2v) is 5.50. The summed E-state index contributed by atoms with van der Waals surface area (Å²) >= 11 is 0. The van der Waals surface area contributed by atoms with E-state index in [9.17, 15) is 5.11 Å². The molecule has 2 rings (SSSR count). The molecule has 1 saturated carbocycles. The summed E-state index contributed by atoms with van der Waals surface area (Å²) < 4.78 is 0. The lowest BCUT2D eigenvalue weighted by atomic mass is 9.63. The fourth-order valence-corrected chi connectivity index (χ4v) is 3.44. The predicted molar refractivity (Wildman–Crippen MR) is 63.7 cm³/mol. The summed E-state index contributed by atoms with van der Waals surface area (Å²) in [6.07, 6.45) is 10.7. The fraction of sp³-hybridized carbons (Fsp3) is 0.857. The Morgan fingerprint density at radius 2 is 2.33 bits per heavy atom. The van der Waals surface area contributed by atoms with E-state index in [2.05, 4.69) is 19.9 Å². The molecule has 2 aliphatic carbocycles. The van der Waals surface area contributed by atoms with Crippen molar-refractivity contribution in [1.82, 2.24) is 0 Å². The van der Waals surface area contributed by atoms with E-state index in [4.69, 9.17) is 0 Å². The average molecular weight is 208 g/mol. The van der Waals surface area contributed by atoms with Crippen LogP contribution in [0.3, 0.4) is 0 Å². The molecule has 0 aromatic heterocycles. The highest BCUT2D eigenvalue weighted by Crippen LogP contribution is 2.46. The van der Waals surface area contributed by atoms with E-state index >= 15 is 0 Å². The Morgan fingerprint density at radius 3 is 3.07 bits per heavy atom. The van der Waals surface area contributed by atoms with E-state index in [1.807, 2.05) is 0 Å². The van der Waals surface area contributed by atoms with Gasteiger partial charge in [-0.2, -0.15) is 0 Å². The average Bonchev–Trinajstić information content (AvgIpc) is 2.24. The lowest BCUT2D eigenvalue weighted by Gasteiger charge is -2.46. The zero-order valence-corrected chi connectivity index (χ0v) is 10.1. The number of unbranched alkanes of at least 4 members (excludes halogenated alkanes) is 1. The second kappa shape index (κ2) is 4.29. The first-order chi connectivity index (χ1) is 7.16. The molecule has 86 valence electrons. The largest absolute Gasteiger partial charge is 0.389 e. The van der Waals surface area contributed by atoms with Gasteiger partial charge in [-0.25, -0.2) is 0 Å². The van der Waals surface area contributed by atoms with Crippen LogP contribution in [0.2, 0.25) is 0 Å². The van der Waals surface area contributed by atoms with E-state index in [1.54, 1.807) is 5.57 Å². The third-order valence-corrected chi connectivity index (χ3v) is 4.47. The number of fused-ring (bicyclic) bond motifs is 2. The van der Waals surface area contributed by atoms with Crippen LogP contribution < -0.4 is 0 Å². The molecule has 1 nitrogen and oxygen atoms in total. The van der Waals surface area contributed by atoms with Gasteiger partial charge in [0, 0.05) is 5.92 Å². The minimum Gasteiger partial charge on any atom is -0.389 e. The van der Waals surface area contributed by atoms with Gasteiger partial charge in [0.2, 0.25) is 0 Å². The monoisotopic (exact) mass is 208 g/mol. The van der Waals surface area contributed by atoms with Crippen LogP contribution in [0.5, 0.6) is 0 Å². The van der Waals surface area contributed by atoms with Gasteiger partial charge < -0.3 is 5.11 Å². The number of aliphatic hydroxyl groups is 1. The van der Waals surface area contributed by atoms with Gasteiger partial charge >= 0.3 is 0 Å². The summed E-state index contributed by atoms with van der Waals surface area (Å²) in [4.78, 5) is 0. The van der Waals surface area contributed by atoms with Gasteiger partial charge in [-0.15, -0.1) is 0 Å². The van der Waals surface area contributed by atoms with Crippen LogP contribution in [0.25, 0.3) is 0 Å². The first kappa shape index (κ1) is 11.2. The van der Waals surface area contributed by atoms with E-state index in [0.29, 0.717) is 11.8 Å². The molecule has 0 aliphatic heterocycles. The van der Waals surface area contributed by atoms with Crippen LogP contribution in [0.1, 0.15) is 58.8 Å². The van der Waals surface area contributed by atoms with Crippen molar-refractivity contribution in [2.75, 3.05) is 0 Å². The van der Waals surface area contributed by atoms with Gasteiger partial charge in [-0.3, -0.25) is 0 Å². The molecule has 0 spiro atoms. The zero-order valence-electron chi connectivity index (χ0n) is 10.1. The maximum atomic E-state index is 10.8.